The molecule has 1 aliphatic rings. The van der Waals surface area contributed by atoms with Gasteiger partial charge in [0, 0.05) is 17.2 Å². The zero-order valence-corrected chi connectivity index (χ0v) is 8.75. The lowest BCUT2D eigenvalue weighted by Crippen LogP contribution is -2.53. The molecule has 0 amide bonds. The highest BCUT2D eigenvalue weighted by molar-refractivity contribution is 6.40. The summed E-state index contributed by atoms with van der Waals surface area (Å²) < 4.78 is 19.5. The molecular formula is C10H10B2FNO. The number of ether oxygens (including phenoxy) is 1. The van der Waals surface area contributed by atoms with E-state index in [-0.39, 0.29) is 6.61 Å². The summed E-state index contributed by atoms with van der Waals surface area (Å²) in [6.45, 7) is 3.29. The quantitative estimate of drug-likeness (QED) is 0.586. The molecule has 0 spiro atoms. The third-order valence-electron chi connectivity index (χ3n) is 2.79. The third kappa shape index (κ3) is 1.49. The smallest absolute Gasteiger partial charge is 0.146 e. The molecule has 15 heavy (non-hydrogen) atoms. The molecule has 1 aliphatic heterocycles. The number of hydrogen-bond acceptors (Lipinski definition) is 2. The molecule has 2 heterocycles. The van der Waals surface area contributed by atoms with Gasteiger partial charge >= 0.3 is 0 Å². The predicted octanol–water partition coefficient (Wildman–Crippen LogP) is 1.10. The van der Waals surface area contributed by atoms with Gasteiger partial charge in [0.05, 0.1) is 12.3 Å². The van der Waals surface area contributed by atoms with Crippen LogP contribution in [-0.4, -0.2) is 26.1 Å². The van der Waals surface area contributed by atoms with Gasteiger partial charge in [-0.05, 0) is 25.5 Å². The summed E-state index contributed by atoms with van der Waals surface area (Å²) in [5.74, 6) is 0. The molecule has 1 atom stereocenters. The highest BCUT2D eigenvalue weighted by atomic mass is 19.1. The molecule has 0 fully saturated rings. The molecule has 1 unspecified atom stereocenters. The molecule has 0 aliphatic carbocycles. The van der Waals surface area contributed by atoms with E-state index in [2.05, 4.69) is 4.98 Å². The van der Waals surface area contributed by atoms with E-state index in [1.165, 1.54) is 6.92 Å². The zero-order valence-electron chi connectivity index (χ0n) is 8.75. The Kier molecular flexibility index (Phi) is 2.19. The predicted molar refractivity (Wildman–Crippen MR) is 56.5 cm³/mol. The van der Waals surface area contributed by atoms with Gasteiger partial charge in [-0.15, -0.1) is 0 Å². The van der Waals surface area contributed by atoms with Crippen molar-refractivity contribution in [3.63, 3.8) is 0 Å². The first-order valence-electron chi connectivity index (χ1n) is 4.71. The summed E-state index contributed by atoms with van der Waals surface area (Å²) >= 11 is 0. The zero-order chi connectivity index (χ0) is 11.3. The van der Waals surface area contributed by atoms with E-state index < -0.39 is 11.1 Å². The second-order valence-electron chi connectivity index (χ2n) is 4.09. The summed E-state index contributed by atoms with van der Waals surface area (Å²) in [5.41, 5.74) is -0.0919. The first-order valence-corrected chi connectivity index (χ1v) is 4.71. The van der Waals surface area contributed by atoms with Crippen LogP contribution in [0.3, 0.4) is 0 Å². The van der Waals surface area contributed by atoms with Gasteiger partial charge in [-0.3, -0.25) is 4.98 Å². The maximum atomic E-state index is 14.4. The molecule has 2 rings (SSSR count). The van der Waals surface area contributed by atoms with Gasteiger partial charge in [-0.1, -0.05) is 0 Å². The summed E-state index contributed by atoms with van der Waals surface area (Å²) in [7, 11) is 11.1. The number of rotatable bonds is 0. The number of halogens is 1. The van der Waals surface area contributed by atoms with Crippen LogP contribution in [0.5, 0.6) is 0 Å². The fourth-order valence-electron chi connectivity index (χ4n) is 1.65. The second-order valence-corrected chi connectivity index (χ2v) is 4.09. The monoisotopic (exact) mass is 201 g/mol. The molecule has 0 aromatic carbocycles. The first-order chi connectivity index (χ1) is 6.84. The Morgan fingerprint density at radius 2 is 2.20 bits per heavy atom. The van der Waals surface area contributed by atoms with Crippen molar-refractivity contribution in [1.29, 1.82) is 0 Å². The van der Waals surface area contributed by atoms with Gasteiger partial charge < -0.3 is 4.74 Å². The molecule has 2 nitrogen and oxygen atoms in total. The Balaban J connectivity index is 2.60. The average molecular weight is 201 g/mol. The van der Waals surface area contributed by atoms with Crippen LogP contribution in [-0.2, 0) is 17.0 Å². The Hall–Kier alpha value is -0.830. The van der Waals surface area contributed by atoms with Crippen molar-refractivity contribution in [2.75, 3.05) is 0 Å². The Labute approximate surface area is 91.1 Å². The maximum Gasteiger partial charge on any atom is 0.146 e. The molecule has 74 valence electrons. The second kappa shape index (κ2) is 3.08. The van der Waals surface area contributed by atoms with Gasteiger partial charge in [0.2, 0.25) is 0 Å². The van der Waals surface area contributed by atoms with Crippen LogP contribution in [0.25, 0.3) is 0 Å². The normalized spacial score (nSPS) is 28.5. The van der Waals surface area contributed by atoms with Gasteiger partial charge in [0.1, 0.15) is 21.4 Å². The molecule has 0 saturated heterocycles. The number of fused-ring (bicyclic) bond motifs is 1. The number of alkyl halides is 1. The minimum atomic E-state index is -1.93. The number of aromatic nitrogens is 1. The molecule has 4 radical (unpaired) electrons. The molecule has 0 N–H and O–H groups in total. The van der Waals surface area contributed by atoms with Crippen molar-refractivity contribution < 1.29 is 9.13 Å². The topological polar surface area (TPSA) is 22.1 Å². The van der Waals surface area contributed by atoms with E-state index in [0.717, 1.165) is 5.56 Å². The van der Waals surface area contributed by atoms with E-state index in [1.807, 2.05) is 6.92 Å². The van der Waals surface area contributed by atoms with E-state index in [1.54, 1.807) is 12.3 Å². The van der Waals surface area contributed by atoms with Crippen molar-refractivity contribution in [2.24, 2.45) is 0 Å². The van der Waals surface area contributed by atoms with Crippen LogP contribution in [0.4, 0.5) is 4.39 Å². The maximum absolute atomic E-state index is 14.4. The van der Waals surface area contributed by atoms with Crippen LogP contribution in [0.2, 0.25) is 0 Å². The lowest BCUT2D eigenvalue weighted by molar-refractivity contribution is -0.0642. The molecule has 1 aromatic rings. The van der Waals surface area contributed by atoms with E-state index in [0.29, 0.717) is 11.3 Å². The highest BCUT2D eigenvalue weighted by Crippen LogP contribution is 2.41. The summed E-state index contributed by atoms with van der Waals surface area (Å²) in [6, 6.07) is 1.71. The van der Waals surface area contributed by atoms with Crippen molar-refractivity contribution in [2.45, 2.75) is 31.5 Å². The van der Waals surface area contributed by atoms with Gasteiger partial charge in [0.25, 0.3) is 0 Å². The fraction of sp³-hybridized carbons (Fsp3) is 0.500. The number of pyridine rings is 1. The Morgan fingerprint density at radius 1 is 1.53 bits per heavy atom. The van der Waals surface area contributed by atoms with Gasteiger partial charge in [-0.2, -0.15) is 0 Å². The van der Waals surface area contributed by atoms with Crippen molar-refractivity contribution in [3.05, 3.63) is 29.1 Å². The van der Waals surface area contributed by atoms with Crippen LogP contribution in [0.1, 0.15) is 23.7 Å². The van der Waals surface area contributed by atoms with Gasteiger partial charge in [0.15, 0.2) is 0 Å². The van der Waals surface area contributed by atoms with Gasteiger partial charge in [-0.25, -0.2) is 4.39 Å². The van der Waals surface area contributed by atoms with Crippen molar-refractivity contribution >= 4 is 15.7 Å². The molecule has 5 heteroatoms. The van der Waals surface area contributed by atoms with E-state index >= 15 is 0 Å². The molecule has 0 saturated carbocycles. The van der Waals surface area contributed by atoms with Crippen LogP contribution < -0.4 is 0 Å². The van der Waals surface area contributed by atoms with Crippen LogP contribution in [0.15, 0.2) is 12.3 Å². The number of aryl methyl sites for hydroxylation is 1. The van der Waals surface area contributed by atoms with E-state index in [4.69, 9.17) is 20.4 Å². The molecule has 1 aromatic heterocycles. The van der Waals surface area contributed by atoms with Crippen molar-refractivity contribution in [1.82, 2.24) is 4.98 Å². The Bertz CT molecular complexity index is 406. The Morgan fingerprint density at radius 3 is 2.87 bits per heavy atom. The highest BCUT2D eigenvalue weighted by Gasteiger charge is 2.47. The third-order valence-corrected chi connectivity index (χ3v) is 2.79. The largest absolute Gasteiger partial charge is 0.384 e. The minimum absolute atomic E-state index is 0.141. The first kappa shape index (κ1) is 10.7. The fourth-order valence-corrected chi connectivity index (χ4v) is 1.65. The lowest BCUT2D eigenvalue weighted by atomic mass is 9.54. The summed E-state index contributed by atoms with van der Waals surface area (Å²) in [4.78, 5) is 4.10. The lowest BCUT2D eigenvalue weighted by Gasteiger charge is -2.43. The number of nitrogens with zero attached hydrogens (tertiary/aromatic N) is 1. The van der Waals surface area contributed by atoms with Crippen LogP contribution in [0, 0.1) is 6.92 Å². The summed E-state index contributed by atoms with van der Waals surface area (Å²) in [6.07, 6.45) is 1.66. The summed E-state index contributed by atoms with van der Waals surface area (Å²) in [5, 5.41) is -1.80. The standard InChI is InChI=1S/C10H10B2FNO/c1-6-3-7-8(14-4-6)5-15-10(11,12)9(7,2)13/h3-4H,5H2,1-2H3. The SMILES string of the molecule is [B]C1([B])OCc2ncc(C)cc2C1(C)F. The molecular weight excluding hydrogens is 191 g/mol. The average Bonchev–Trinajstić information content (AvgIpc) is 2.14. The van der Waals surface area contributed by atoms with Crippen LogP contribution >= 0.6 is 0 Å². The van der Waals surface area contributed by atoms with E-state index in [9.17, 15) is 4.39 Å². The number of hydrogen-bond donors (Lipinski definition) is 0. The van der Waals surface area contributed by atoms with Crippen molar-refractivity contribution in [3.8, 4) is 0 Å². The minimum Gasteiger partial charge on any atom is -0.384 e. The molecule has 0 bridgehead atoms.